The third-order valence-corrected chi connectivity index (χ3v) is 7.32. The molecule has 3 N–H and O–H groups in total. The molecule has 0 saturated carbocycles. The molecule has 35 heavy (non-hydrogen) atoms. The molecule has 9 nitrogen and oxygen atoms in total. The Morgan fingerprint density at radius 1 is 1.23 bits per heavy atom. The van der Waals surface area contributed by atoms with E-state index in [4.69, 9.17) is 15.2 Å². The van der Waals surface area contributed by atoms with E-state index >= 15 is 0 Å². The number of nitrogen functional groups attached to an aromatic ring is 1. The van der Waals surface area contributed by atoms with Gasteiger partial charge in [0.1, 0.15) is 23.7 Å². The summed E-state index contributed by atoms with van der Waals surface area (Å²) >= 11 is 1.75. The second kappa shape index (κ2) is 10.1. The molecular formula is C24H31N5O4S2. The molecule has 0 aliphatic carbocycles. The van der Waals surface area contributed by atoms with Gasteiger partial charge < -0.3 is 19.8 Å². The lowest BCUT2D eigenvalue weighted by molar-refractivity contribution is 0.173. The van der Waals surface area contributed by atoms with Crippen molar-refractivity contribution in [3.63, 3.8) is 0 Å². The maximum Gasteiger partial charge on any atom is 0.209 e. The number of aryl methyl sites for hydroxylation is 1. The minimum atomic E-state index is -3.41. The maximum atomic E-state index is 11.9. The highest BCUT2D eigenvalue weighted by Gasteiger charge is 2.27. The van der Waals surface area contributed by atoms with Gasteiger partial charge in [-0.3, -0.25) is 0 Å². The van der Waals surface area contributed by atoms with Crippen molar-refractivity contribution in [3.05, 3.63) is 46.4 Å². The van der Waals surface area contributed by atoms with Crippen molar-refractivity contribution < 1.29 is 17.9 Å². The first-order chi connectivity index (χ1) is 16.6. The number of aromatic nitrogens is 3. The van der Waals surface area contributed by atoms with Crippen molar-refractivity contribution in [2.75, 3.05) is 25.7 Å². The zero-order chi connectivity index (χ0) is 25.2. The van der Waals surface area contributed by atoms with Crippen LogP contribution in [0, 0.1) is 0 Å². The Morgan fingerprint density at radius 3 is 2.71 bits per heavy atom. The first kappa shape index (κ1) is 25.4. The lowest BCUT2D eigenvalue weighted by Gasteiger charge is -2.27. The zero-order valence-electron chi connectivity index (χ0n) is 20.4. The Hall–Kier alpha value is -2.73. The average Bonchev–Trinajstić information content (AvgIpc) is 3.39. The summed E-state index contributed by atoms with van der Waals surface area (Å²) in [6.07, 6.45) is 3.05. The second-order valence-electron chi connectivity index (χ2n) is 9.21. The van der Waals surface area contributed by atoms with E-state index in [-0.39, 0.29) is 6.61 Å². The van der Waals surface area contributed by atoms with Crippen LogP contribution in [0.4, 0.5) is 5.82 Å². The van der Waals surface area contributed by atoms with Crippen LogP contribution in [0.2, 0.25) is 0 Å². The Morgan fingerprint density at radius 2 is 2.03 bits per heavy atom. The molecule has 0 spiro atoms. The molecule has 0 amide bonds. The summed E-state index contributed by atoms with van der Waals surface area (Å²) in [5.74, 6) is 1.66. The van der Waals surface area contributed by atoms with E-state index in [1.54, 1.807) is 18.4 Å². The van der Waals surface area contributed by atoms with Gasteiger partial charge in [0.2, 0.25) is 10.0 Å². The highest BCUT2D eigenvalue weighted by Crippen LogP contribution is 2.32. The third-order valence-electron chi connectivity index (χ3n) is 5.46. The molecule has 0 atom stereocenters. The summed E-state index contributed by atoms with van der Waals surface area (Å²) < 4.78 is 39.8. The van der Waals surface area contributed by atoms with E-state index in [1.807, 2.05) is 36.6 Å². The number of pyridine rings is 1. The smallest absolute Gasteiger partial charge is 0.209 e. The lowest BCUT2D eigenvalue weighted by Crippen LogP contribution is -2.46. The van der Waals surface area contributed by atoms with E-state index in [1.165, 1.54) is 4.88 Å². The number of fused-ring (bicyclic) bond motifs is 3. The van der Waals surface area contributed by atoms with Gasteiger partial charge in [-0.25, -0.2) is 23.1 Å². The molecule has 0 aliphatic rings. The number of benzene rings is 1. The Labute approximate surface area is 209 Å². The normalized spacial score (nSPS) is 12.6. The predicted octanol–water partition coefficient (Wildman–Crippen LogP) is 3.71. The molecule has 0 radical (unpaired) electrons. The van der Waals surface area contributed by atoms with Crippen LogP contribution in [-0.4, -0.2) is 48.5 Å². The molecular weight excluding hydrogens is 486 g/mol. The summed E-state index contributed by atoms with van der Waals surface area (Å²) in [6, 6.07) is 9.93. The fraction of sp³-hybridized carbons (Fsp3) is 0.417. The molecule has 0 unspecified atom stereocenters. The van der Waals surface area contributed by atoms with Crippen LogP contribution in [0.25, 0.3) is 21.9 Å². The molecule has 0 aliphatic heterocycles. The number of nitrogens with two attached hydrogens (primary N) is 1. The summed E-state index contributed by atoms with van der Waals surface area (Å²) in [7, 11) is -1.82. The largest absolute Gasteiger partial charge is 0.494 e. The van der Waals surface area contributed by atoms with E-state index < -0.39 is 15.6 Å². The van der Waals surface area contributed by atoms with Crippen LogP contribution in [0.3, 0.4) is 0 Å². The highest BCUT2D eigenvalue weighted by molar-refractivity contribution is 7.88. The van der Waals surface area contributed by atoms with Crippen molar-refractivity contribution in [3.8, 4) is 5.75 Å². The molecule has 11 heteroatoms. The predicted molar refractivity (Wildman–Crippen MR) is 140 cm³/mol. The number of anilines is 1. The SMILES string of the molecule is COCc1nc2c(N)nc3cc(OCCCc4cccs4)ccc3c2n1CC(C)(C)NS(C)(=O)=O. The molecule has 3 aromatic heterocycles. The number of nitrogens with zero attached hydrogens (tertiary/aromatic N) is 3. The molecule has 1 aromatic carbocycles. The molecule has 0 bridgehead atoms. The summed E-state index contributed by atoms with van der Waals surface area (Å²) in [5.41, 5.74) is 7.56. The number of hydrogen-bond donors (Lipinski definition) is 2. The van der Waals surface area contributed by atoms with Crippen LogP contribution in [0.5, 0.6) is 5.75 Å². The minimum Gasteiger partial charge on any atom is -0.494 e. The van der Waals surface area contributed by atoms with E-state index in [9.17, 15) is 8.42 Å². The minimum absolute atomic E-state index is 0.246. The van der Waals surface area contributed by atoms with Gasteiger partial charge in [-0.1, -0.05) is 6.07 Å². The van der Waals surface area contributed by atoms with Crippen molar-refractivity contribution in [2.24, 2.45) is 0 Å². The van der Waals surface area contributed by atoms with E-state index in [0.29, 0.717) is 35.8 Å². The summed E-state index contributed by atoms with van der Waals surface area (Å²) in [4.78, 5) is 10.6. The fourth-order valence-electron chi connectivity index (χ4n) is 4.26. The first-order valence-electron chi connectivity index (χ1n) is 11.3. The number of sulfonamides is 1. The molecule has 188 valence electrons. The number of methoxy groups -OCH3 is 1. The number of nitrogens with one attached hydrogen (secondary N) is 1. The van der Waals surface area contributed by atoms with Crippen LogP contribution >= 0.6 is 11.3 Å². The molecule has 0 fully saturated rings. The lowest BCUT2D eigenvalue weighted by atomic mass is 10.1. The quantitative estimate of drug-likeness (QED) is 0.291. The monoisotopic (exact) mass is 517 g/mol. The van der Waals surface area contributed by atoms with Gasteiger partial charge in [-0.05, 0) is 50.3 Å². The average molecular weight is 518 g/mol. The van der Waals surface area contributed by atoms with E-state index in [0.717, 1.165) is 35.7 Å². The number of ether oxygens (including phenoxy) is 2. The third kappa shape index (κ3) is 6.10. The van der Waals surface area contributed by atoms with Gasteiger partial charge >= 0.3 is 0 Å². The second-order valence-corrected chi connectivity index (χ2v) is 12.0. The first-order valence-corrected chi connectivity index (χ1v) is 14.0. The van der Waals surface area contributed by atoms with Crippen LogP contribution in [0.15, 0.2) is 35.7 Å². The van der Waals surface area contributed by atoms with Crippen molar-refractivity contribution >= 4 is 49.1 Å². The Balaban J connectivity index is 1.68. The fourth-order valence-corrected chi connectivity index (χ4v) is 6.08. The Kier molecular flexibility index (Phi) is 7.32. The van der Waals surface area contributed by atoms with Gasteiger partial charge in [0.25, 0.3) is 0 Å². The zero-order valence-corrected chi connectivity index (χ0v) is 22.0. The molecule has 0 saturated heterocycles. The number of thiophene rings is 1. The van der Waals surface area contributed by atoms with Crippen LogP contribution < -0.4 is 15.2 Å². The standard InChI is InChI=1S/C24H31N5O4S2/c1-24(2,28-35(4,30)31)15-29-20(14-32-3)27-21-22(29)18-10-9-16(13-19(18)26-23(21)25)33-11-5-7-17-8-6-12-34-17/h6,8-10,12-13,28H,5,7,11,14-15H2,1-4H3,(H2,25,26). The summed E-state index contributed by atoms with van der Waals surface area (Å²) in [6.45, 7) is 4.82. The summed E-state index contributed by atoms with van der Waals surface area (Å²) in [5, 5.41) is 2.93. The van der Waals surface area contributed by atoms with Crippen molar-refractivity contribution in [1.82, 2.24) is 19.3 Å². The molecule has 4 aromatic rings. The van der Waals surface area contributed by atoms with Gasteiger partial charge in [0.05, 0.1) is 23.9 Å². The highest BCUT2D eigenvalue weighted by atomic mass is 32.2. The van der Waals surface area contributed by atoms with Gasteiger partial charge in [0, 0.05) is 35.5 Å². The number of hydrogen-bond acceptors (Lipinski definition) is 8. The topological polar surface area (TPSA) is 121 Å². The van der Waals surface area contributed by atoms with E-state index in [2.05, 4.69) is 32.2 Å². The molecule has 3 heterocycles. The van der Waals surface area contributed by atoms with Crippen LogP contribution in [0.1, 0.15) is 31.0 Å². The van der Waals surface area contributed by atoms with Crippen LogP contribution in [-0.2, 0) is 34.3 Å². The van der Waals surface area contributed by atoms with Gasteiger partial charge in [0.15, 0.2) is 5.82 Å². The number of rotatable bonds is 11. The van der Waals surface area contributed by atoms with Crippen molar-refractivity contribution in [2.45, 2.75) is 45.4 Å². The van der Waals surface area contributed by atoms with Gasteiger partial charge in [-0.15, -0.1) is 11.3 Å². The maximum absolute atomic E-state index is 11.9. The molecule has 4 rings (SSSR count). The van der Waals surface area contributed by atoms with Gasteiger partial charge in [-0.2, -0.15) is 0 Å². The van der Waals surface area contributed by atoms with Crippen molar-refractivity contribution in [1.29, 1.82) is 0 Å². The Bertz CT molecular complexity index is 1430. The number of imidazole rings is 1.